The Morgan fingerprint density at radius 1 is 1.28 bits per heavy atom. The maximum Gasteiger partial charge on any atom is 0.471 e. The van der Waals surface area contributed by atoms with Crippen LogP contribution in [0.3, 0.4) is 0 Å². The van der Waals surface area contributed by atoms with Crippen LogP contribution in [0.25, 0.3) is 10.7 Å². The van der Waals surface area contributed by atoms with E-state index in [1.54, 1.807) is 0 Å². The second-order valence-electron chi connectivity index (χ2n) is 7.24. The molecule has 0 aromatic carbocycles. The fraction of sp³-hybridized carbons (Fsp3) is 0.421. The number of alkyl halides is 6. The first-order valence-electron chi connectivity index (χ1n) is 10.0. The number of likely N-dealkylation sites (N-methyl/N-ethyl adjacent to an activating group) is 1. The van der Waals surface area contributed by atoms with Gasteiger partial charge in [0.2, 0.25) is 5.82 Å². The van der Waals surface area contributed by atoms with Gasteiger partial charge in [-0.3, -0.25) is 15.0 Å². The summed E-state index contributed by atoms with van der Waals surface area (Å²) in [5.74, 6) is -3.31. The molecular formula is C19H18F6N6O4S. The number of hydrogen-bond acceptors (Lipinski definition) is 9. The van der Waals surface area contributed by atoms with E-state index in [0.29, 0.717) is 6.08 Å². The molecule has 2 amide bonds. The maximum absolute atomic E-state index is 12.8. The molecule has 36 heavy (non-hydrogen) atoms. The fourth-order valence-electron chi connectivity index (χ4n) is 3.03. The maximum atomic E-state index is 12.8. The quantitative estimate of drug-likeness (QED) is 0.279. The van der Waals surface area contributed by atoms with Crippen LogP contribution in [0.2, 0.25) is 0 Å². The molecule has 10 nitrogen and oxygen atoms in total. The zero-order chi connectivity index (χ0) is 26.7. The van der Waals surface area contributed by atoms with E-state index >= 15 is 0 Å². The monoisotopic (exact) mass is 540 g/mol. The Hall–Kier alpha value is -3.47. The largest absolute Gasteiger partial charge is 0.471 e. The van der Waals surface area contributed by atoms with Crippen LogP contribution in [0.5, 0.6) is 0 Å². The number of ether oxygens (including phenoxy) is 1. The first kappa shape index (κ1) is 27.1. The van der Waals surface area contributed by atoms with Crippen molar-refractivity contribution in [2.75, 3.05) is 33.4 Å². The van der Waals surface area contributed by atoms with Crippen molar-refractivity contribution in [1.29, 1.82) is 5.41 Å². The number of aromatic nitrogens is 2. The molecule has 0 saturated carbocycles. The van der Waals surface area contributed by atoms with E-state index in [1.165, 1.54) is 24.1 Å². The Kier molecular flexibility index (Phi) is 8.02. The summed E-state index contributed by atoms with van der Waals surface area (Å²) in [4.78, 5) is 30.1. The molecule has 17 heteroatoms. The van der Waals surface area contributed by atoms with E-state index in [4.69, 9.17) is 10.1 Å². The van der Waals surface area contributed by atoms with Crippen LogP contribution in [-0.2, 0) is 15.7 Å². The SMILES string of the molecule is CN/C(=C\C(=N)C(F)(F)F)C(=O)N1CCOCC1CNC(=O)c1ccc(-c2noc(C(F)(F)F)n2)s1. The summed E-state index contributed by atoms with van der Waals surface area (Å²) in [6.45, 7) is -0.00644. The number of allylic oxidation sites excluding steroid dienone is 1. The molecule has 1 atom stereocenters. The standard InChI is InChI=1S/C19H18F6N6O4S/c1-27-10(6-13(26)18(20,21)22)16(33)31-4-5-34-8-9(31)7-28-15(32)12-3-2-11(36-12)14-29-17(35-30-14)19(23,24)25/h2-3,6,9,26-27H,4-5,7-8H2,1H3,(H,28,32)/b10-6-,26-13?. The number of amides is 2. The minimum Gasteiger partial charge on any atom is -0.384 e. The smallest absolute Gasteiger partial charge is 0.384 e. The highest BCUT2D eigenvalue weighted by atomic mass is 32.1. The Bertz CT molecular complexity index is 1160. The van der Waals surface area contributed by atoms with Crippen molar-refractivity contribution >= 4 is 28.9 Å². The molecule has 2 aromatic rings. The Balaban J connectivity index is 1.67. The van der Waals surface area contributed by atoms with E-state index < -0.39 is 47.5 Å². The lowest BCUT2D eigenvalue weighted by atomic mass is 10.1. The van der Waals surface area contributed by atoms with Crippen molar-refractivity contribution in [3.05, 3.63) is 34.7 Å². The third kappa shape index (κ3) is 6.39. The number of thiophene rings is 1. The number of nitrogens with zero attached hydrogens (tertiary/aromatic N) is 3. The van der Waals surface area contributed by atoms with Gasteiger partial charge in [-0.1, -0.05) is 5.16 Å². The fourth-order valence-corrected chi connectivity index (χ4v) is 3.88. The van der Waals surface area contributed by atoms with E-state index in [2.05, 4.69) is 25.3 Å². The van der Waals surface area contributed by atoms with E-state index in [9.17, 15) is 35.9 Å². The van der Waals surface area contributed by atoms with Crippen molar-refractivity contribution in [2.24, 2.45) is 0 Å². The van der Waals surface area contributed by atoms with Gasteiger partial charge in [-0.2, -0.15) is 31.3 Å². The molecule has 1 fully saturated rings. The highest BCUT2D eigenvalue weighted by molar-refractivity contribution is 7.17. The molecule has 0 bridgehead atoms. The average molecular weight is 540 g/mol. The van der Waals surface area contributed by atoms with E-state index in [1.807, 2.05) is 0 Å². The first-order valence-corrected chi connectivity index (χ1v) is 10.9. The Labute approximate surface area is 202 Å². The molecule has 3 rings (SSSR count). The number of nitrogens with one attached hydrogen (secondary N) is 3. The van der Waals surface area contributed by atoms with Crippen LogP contribution in [-0.4, -0.2) is 78.1 Å². The predicted molar refractivity (Wildman–Crippen MR) is 112 cm³/mol. The van der Waals surface area contributed by atoms with Crippen LogP contribution in [0, 0.1) is 5.41 Å². The molecule has 2 aromatic heterocycles. The van der Waals surface area contributed by atoms with Gasteiger partial charge in [-0.15, -0.1) is 11.3 Å². The van der Waals surface area contributed by atoms with E-state index in [0.717, 1.165) is 11.3 Å². The molecule has 1 aliphatic heterocycles. The first-order chi connectivity index (χ1) is 16.8. The number of carbonyl (C=O) groups excluding carboxylic acids is 2. The average Bonchev–Trinajstić information content (AvgIpc) is 3.50. The summed E-state index contributed by atoms with van der Waals surface area (Å²) in [6, 6.07) is 1.94. The third-order valence-corrected chi connectivity index (χ3v) is 5.88. The van der Waals surface area contributed by atoms with Crippen LogP contribution in [0.1, 0.15) is 15.6 Å². The summed E-state index contributed by atoms with van der Waals surface area (Å²) in [7, 11) is 1.24. The predicted octanol–water partition coefficient (Wildman–Crippen LogP) is 2.46. The normalized spacial score (nSPS) is 17.1. The van der Waals surface area contributed by atoms with E-state index in [-0.39, 0.29) is 41.9 Å². The van der Waals surface area contributed by atoms with Gasteiger partial charge in [0.15, 0.2) is 0 Å². The lowest BCUT2D eigenvalue weighted by molar-refractivity contribution is -0.159. The Morgan fingerprint density at radius 2 is 2.00 bits per heavy atom. The van der Waals surface area contributed by atoms with Crippen LogP contribution in [0.15, 0.2) is 28.4 Å². The molecule has 196 valence electrons. The van der Waals surface area contributed by atoms with Crippen LogP contribution < -0.4 is 10.6 Å². The molecule has 3 heterocycles. The van der Waals surface area contributed by atoms with Gasteiger partial charge >= 0.3 is 18.2 Å². The van der Waals surface area contributed by atoms with Gasteiger partial charge in [0, 0.05) is 20.1 Å². The lowest BCUT2D eigenvalue weighted by Gasteiger charge is -2.36. The number of halogens is 6. The highest BCUT2D eigenvalue weighted by Crippen LogP contribution is 2.31. The second kappa shape index (κ2) is 10.7. The van der Waals surface area contributed by atoms with Gasteiger partial charge in [-0.25, -0.2) is 0 Å². The highest BCUT2D eigenvalue weighted by Gasteiger charge is 2.39. The van der Waals surface area contributed by atoms with Gasteiger partial charge in [0.1, 0.15) is 11.4 Å². The van der Waals surface area contributed by atoms with Gasteiger partial charge in [0.05, 0.1) is 29.0 Å². The molecule has 0 spiro atoms. The minimum atomic E-state index is -4.93. The third-order valence-electron chi connectivity index (χ3n) is 4.80. The topological polar surface area (TPSA) is 133 Å². The number of rotatable bonds is 7. The zero-order valence-corrected chi connectivity index (χ0v) is 19.1. The second-order valence-corrected chi connectivity index (χ2v) is 8.33. The van der Waals surface area contributed by atoms with Crippen molar-refractivity contribution in [3.8, 4) is 10.7 Å². The summed E-state index contributed by atoms with van der Waals surface area (Å²) >= 11 is 0.804. The molecule has 1 aliphatic rings. The summed E-state index contributed by atoms with van der Waals surface area (Å²) in [5, 5.41) is 15.3. The van der Waals surface area contributed by atoms with Crippen molar-refractivity contribution < 1.29 is 45.2 Å². The van der Waals surface area contributed by atoms with Crippen molar-refractivity contribution in [3.63, 3.8) is 0 Å². The molecule has 0 radical (unpaired) electrons. The number of morpholine rings is 1. The summed E-state index contributed by atoms with van der Waals surface area (Å²) in [5.41, 5.74) is -2.17. The van der Waals surface area contributed by atoms with Gasteiger partial charge in [0.25, 0.3) is 11.8 Å². The molecule has 1 unspecified atom stereocenters. The zero-order valence-electron chi connectivity index (χ0n) is 18.3. The molecule has 3 N–H and O–H groups in total. The van der Waals surface area contributed by atoms with Crippen LogP contribution >= 0.6 is 11.3 Å². The van der Waals surface area contributed by atoms with Crippen LogP contribution in [0.4, 0.5) is 26.3 Å². The summed E-state index contributed by atoms with van der Waals surface area (Å²) in [6.07, 6.45) is -9.37. The van der Waals surface area contributed by atoms with Crippen molar-refractivity contribution in [2.45, 2.75) is 18.4 Å². The molecule has 1 saturated heterocycles. The number of hydrogen-bond donors (Lipinski definition) is 3. The molecule has 0 aliphatic carbocycles. The Morgan fingerprint density at radius 3 is 2.61 bits per heavy atom. The minimum absolute atomic E-state index is 0.0154. The van der Waals surface area contributed by atoms with Gasteiger partial charge < -0.3 is 24.8 Å². The molecular weight excluding hydrogens is 522 g/mol. The number of carbonyl (C=O) groups is 2. The van der Waals surface area contributed by atoms with Crippen molar-refractivity contribution in [1.82, 2.24) is 25.7 Å². The van der Waals surface area contributed by atoms with Gasteiger partial charge in [-0.05, 0) is 18.2 Å². The lowest BCUT2D eigenvalue weighted by Crippen LogP contribution is -2.54. The summed E-state index contributed by atoms with van der Waals surface area (Å²) < 4.78 is 85.5.